The summed E-state index contributed by atoms with van der Waals surface area (Å²) in [5.41, 5.74) is 7.16. The number of anilines is 1. The van der Waals surface area contributed by atoms with E-state index < -0.39 is 11.6 Å². The Morgan fingerprint density at radius 2 is 1.77 bits per heavy atom. The number of fused-ring (bicyclic) bond motifs is 1. The smallest absolute Gasteiger partial charge is 0.254 e. The minimum atomic E-state index is -0.728. The number of hydrogen-bond acceptors (Lipinski definition) is 5. The normalized spacial score (nSPS) is 14.6. The molecule has 2 N–H and O–H groups in total. The average molecular weight is 428 g/mol. The van der Waals surface area contributed by atoms with E-state index in [1.165, 1.54) is 29.6 Å². The van der Waals surface area contributed by atoms with Crippen molar-refractivity contribution in [2.24, 2.45) is 0 Å². The van der Waals surface area contributed by atoms with Crippen LogP contribution in [0, 0.1) is 11.6 Å². The number of piperazine rings is 1. The summed E-state index contributed by atoms with van der Waals surface area (Å²) in [6.45, 7) is 1.53. The number of rotatable bonds is 3. The van der Waals surface area contributed by atoms with Crippen molar-refractivity contribution in [2.75, 3.05) is 31.9 Å². The molecule has 0 radical (unpaired) electrons. The molecular formula is C21H18F2N4O2S. The molecule has 2 amide bonds. The third-order valence-electron chi connectivity index (χ3n) is 4.90. The van der Waals surface area contributed by atoms with E-state index in [0.29, 0.717) is 36.9 Å². The van der Waals surface area contributed by atoms with Crippen LogP contribution in [-0.2, 0) is 4.79 Å². The number of thiazole rings is 1. The number of benzene rings is 2. The molecule has 9 heteroatoms. The van der Waals surface area contributed by atoms with E-state index in [2.05, 4.69) is 4.98 Å². The van der Waals surface area contributed by atoms with Crippen LogP contribution in [0.1, 0.15) is 15.9 Å². The van der Waals surface area contributed by atoms with Gasteiger partial charge in [-0.1, -0.05) is 11.3 Å². The van der Waals surface area contributed by atoms with E-state index in [0.717, 1.165) is 22.3 Å². The zero-order chi connectivity index (χ0) is 21.3. The van der Waals surface area contributed by atoms with Gasteiger partial charge in [-0.25, -0.2) is 13.8 Å². The molecule has 0 aliphatic carbocycles. The summed E-state index contributed by atoms with van der Waals surface area (Å²) in [6, 6.07) is 8.46. The highest BCUT2D eigenvalue weighted by Gasteiger charge is 2.24. The van der Waals surface area contributed by atoms with Gasteiger partial charge in [0, 0.05) is 49.4 Å². The molecular weight excluding hydrogens is 410 g/mol. The van der Waals surface area contributed by atoms with Crippen molar-refractivity contribution < 1.29 is 18.4 Å². The highest BCUT2D eigenvalue weighted by atomic mass is 32.1. The number of amides is 2. The zero-order valence-corrected chi connectivity index (χ0v) is 16.7. The molecule has 1 fully saturated rings. The summed E-state index contributed by atoms with van der Waals surface area (Å²) in [5, 5.41) is 0.454. The van der Waals surface area contributed by atoms with Crippen LogP contribution in [0.15, 0.2) is 42.5 Å². The predicted molar refractivity (Wildman–Crippen MR) is 112 cm³/mol. The first-order valence-electron chi connectivity index (χ1n) is 9.28. The van der Waals surface area contributed by atoms with Gasteiger partial charge in [0.2, 0.25) is 5.91 Å². The summed E-state index contributed by atoms with van der Waals surface area (Å²) in [5.74, 6) is -1.80. The Kier molecular flexibility index (Phi) is 5.45. The molecule has 6 nitrogen and oxygen atoms in total. The Morgan fingerprint density at radius 1 is 1.03 bits per heavy atom. The summed E-state index contributed by atoms with van der Waals surface area (Å²) in [7, 11) is 0. The van der Waals surface area contributed by atoms with Crippen molar-refractivity contribution in [1.82, 2.24) is 14.8 Å². The number of carbonyl (C=O) groups is 2. The number of hydrogen-bond donors (Lipinski definition) is 1. The van der Waals surface area contributed by atoms with Gasteiger partial charge in [-0.15, -0.1) is 0 Å². The van der Waals surface area contributed by atoms with Crippen molar-refractivity contribution in [1.29, 1.82) is 0 Å². The SMILES string of the molecule is Nc1nc2ccc(C(=O)N3CCN(C(=O)/C=C/c4ccc(F)cc4F)CC3)cc2s1. The van der Waals surface area contributed by atoms with E-state index in [4.69, 9.17) is 5.73 Å². The molecule has 2 heterocycles. The van der Waals surface area contributed by atoms with Crippen LogP contribution in [0.25, 0.3) is 16.3 Å². The predicted octanol–water partition coefficient (Wildman–Crippen LogP) is 3.15. The molecule has 1 aliphatic heterocycles. The summed E-state index contributed by atoms with van der Waals surface area (Å²) in [6.07, 6.45) is 2.58. The summed E-state index contributed by atoms with van der Waals surface area (Å²) in [4.78, 5) is 32.6. The molecule has 3 aromatic rings. The minimum Gasteiger partial charge on any atom is -0.375 e. The largest absolute Gasteiger partial charge is 0.375 e. The lowest BCUT2D eigenvalue weighted by Crippen LogP contribution is -2.50. The number of aromatic nitrogens is 1. The second kappa shape index (κ2) is 8.19. The molecule has 2 aromatic carbocycles. The molecule has 0 atom stereocenters. The van der Waals surface area contributed by atoms with E-state index >= 15 is 0 Å². The van der Waals surface area contributed by atoms with Crippen molar-refractivity contribution in [3.63, 3.8) is 0 Å². The Balaban J connectivity index is 1.37. The topological polar surface area (TPSA) is 79.5 Å². The summed E-state index contributed by atoms with van der Waals surface area (Å²) >= 11 is 1.33. The fourth-order valence-corrected chi connectivity index (χ4v) is 4.06. The average Bonchev–Trinajstić information content (AvgIpc) is 3.11. The third kappa shape index (κ3) is 4.16. The van der Waals surface area contributed by atoms with Crippen LogP contribution in [-0.4, -0.2) is 52.8 Å². The zero-order valence-electron chi connectivity index (χ0n) is 15.8. The summed E-state index contributed by atoms with van der Waals surface area (Å²) < 4.78 is 27.5. The van der Waals surface area contributed by atoms with Crippen molar-refractivity contribution in [3.05, 3.63) is 65.2 Å². The van der Waals surface area contributed by atoms with Gasteiger partial charge in [0.05, 0.1) is 10.2 Å². The first-order valence-corrected chi connectivity index (χ1v) is 10.1. The van der Waals surface area contributed by atoms with Crippen LogP contribution in [0.4, 0.5) is 13.9 Å². The van der Waals surface area contributed by atoms with Gasteiger partial charge in [0.15, 0.2) is 5.13 Å². The molecule has 0 saturated carbocycles. The van der Waals surface area contributed by atoms with E-state index in [9.17, 15) is 18.4 Å². The molecule has 1 aliphatic rings. The maximum atomic E-state index is 13.7. The molecule has 0 spiro atoms. The fraction of sp³-hybridized carbons (Fsp3) is 0.190. The van der Waals surface area contributed by atoms with Crippen molar-refractivity contribution in [3.8, 4) is 0 Å². The van der Waals surface area contributed by atoms with Crippen molar-refractivity contribution in [2.45, 2.75) is 0 Å². The fourth-order valence-electron chi connectivity index (χ4n) is 3.29. The van der Waals surface area contributed by atoms with E-state index in [1.807, 2.05) is 0 Å². The minimum absolute atomic E-state index is 0.111. The monoisotopic (exact) mass is 428 g/mol. The number of halogens is 2. The van der Waals surface area contributed by atoms with Gasteiger partial charge in [0.25, 0.3) is 5.91 Å². The number of nitrogens with two attached hydrogens (primary N) is 1. The first kappa shape index (κ1) is 20.0. The van der Waals surface area contributed by atoms with Crippen LogP contribution >= 0.6 is 11.3 Å². The maximum Gasteiger partial charge on any atom is 0.254 e. The molecule has 0 unspecified atom stereocenters. The maximum absolute atomic E-state index is 13.7. The number of nitrogen functional groups attached to an aromatic ring is 1. The third-order valence-corrected chi connectivity index (χ3v) is 5.75. The Bertz CT molecular complexity index is 1150. The first-order chi connectivity index (χ1) is 14.4. The van der Waals surface area contributed by atoms with Crippen LogP contribution < -0.4 is 5.73 Å². The molecule has 30 heavy (non-hydrogen) atoms. The van der Waals surface area contributed by atoms with Crippen LogP contribution in [0.3, 0.4) is 0 Å². The Hall–Kier alpha value is -3.33. The Labute approximate surface area is 175 Å². The second-order valence-corrected chi connectivity index (χ2v) is 7.91. The molecule has 4 rings (SSSR count). The van der Waals surface area contributed by atoms with Crippen LogP contribution in [0.5, 0.6) is 0 Å². The Morgan fingerprint density at radius 3 is 2.50 bits per heavy atom. The van der Waals surface area contributed by atoms with E-state index in [1.54, 1.807) is 28.0 Å². The molecule has 1 aromatic heterocycles. The quantitative estimate of drug-likeness (QED) is 0.650. The van der Waals surface area contributed by atoms with Gasteiger partial charge >= 0.3 is 0 Å². The lowest BCUT2D eigenvalue weighted by Gasteiger charge is -2.34. The van der Waals surface area contributed by atoms with Gasteiger partial charge < -0.3 is 15.5 Å². The number of nitrogens with zero attached hydrogens (tertiary/aromatic N) is 3. The van der Waals surface area contributed by atoms with Crippen LogP contribution in [0.2, 0.25) is 0 Å². The molecule has 0 bridgehead atoms. The molecule has 1 saturated heterocycles. The second-order valence-electron chi connectivity index (χ2n) is 6.85. The lowest BCUT2D eigenvalue weighted by molar-refractivity contribution is -0.127. The van der Waals surface area contributed by atoms with Gasteiger partial charge in [-0.05, 0) is 36.4 Å². The van der Waals surface area contributed by atoms with E-state index in [-0.39, 0.29) is 17.4 Å². The highest BCUT2D eigenvalue weighted by molar-refractivity contribution is 7.22. The lowest BCUT2D eigenvalue weighted by atomic mass is 10.1. The number of carbonyl (C=O) groups excluding carboxylic acids is 2. The standard InChI is InChI=1S/C21H18F2N4O2S/c22-15-4-1-13(16(23)12-15)3-6-19(28)26-7-9-27(10-8-26)20(29)14-2-5-17-18(11-14)30-21(24)25-17/h1-6,11-12H,7-10H2,(H2,24,25)/b6-3+. The van der Waals surface area contributed by atoms with Gasteiger partial charge in [0.1, 0.15) is 11.6 Å². The molecule has 154 valence electrons. The highest BCUT2D eigenvalue weighted by Crippen LogP contribution is 2.25. The van der Waals surface area contributed by atoms with Gasteiger partial charge in [-0.2, -0.15) is 0 Å². The van der Waals surface area contributed by atoms with Gasteiger partial charge in [-0.3, -0.25) is 9.59 Å². The van der Waals surface area contributed by atoms with Crippen molar-refractivity contribution >= 4 is 44.6 Å².